The fourth-order valence-electron chi connectivity index (χ4n) is 3.48. The van der Waals surface area contributed by atoms with E-state index in [4.69, 9.17) is 4.74 Å². The van der Waals surface area contributed by atoms with Crippen LogP contribution in [0.5, 0.6) is 0 Å². The first-order valence-electron chi connectivity index (χ1n) is 9.63. The highest BCUT2D eigenvalue weighted by Gasteiger charge is 2.27. The maximum atomic E-state index is 11.8. The van der Waals surface area contributed by atoms with Crippen molar-refractivity contribution in [1.29, 1.82) is 0 Å². The molecule has 3 rings (SSSR count). The predicted octanol–water partition coefficient (Wildman–Crippen LogP) is 1.56. The number of rotatable bonds is 6. The number of aromatic nitrogens is 3. The van der Waals surface area contributed by atoms with Gasteiger partial charge in [0.05, 0.1) is 12.5 Å². The maximum Gasteiger partial charge on any atom is 0.308 e. The first kappa shape index (κ1) is 19.1. The summed E-state index contributed by atoms with van der Waals surface area (Å²) in [5, 5.41) is 15.2. The molecule has 0 bridgehead atoms. The molecule has 0 radical (unpaired) electrons. The van der Waals surface area contributed by atoms with Gasteiger partial charge in [0.25, 0.3) is 0 Å². The van der Waals surface area contributed by atoms with Gasteiger partial charge in [0, 0.05) is 32.3 Å². The third-order valence-corrected chi connectivity index (χ3v) is 4.94. The van der Waals surface area contributed by atoms with Gasteiger partial charge in [-0.15, -0.1) is 10.2 Å². The summed E-state index contributed by atoms with van der Waals surface area (Å²) in [7, 11) is 1.77. The minimum atomic E-state index is -0.0565. The van der Waals surface area contributed by atoms with Gasteiger partial charge in [-0.2, -0.15) is 0 Å². The molecule has 8 heteroatoms. The highest BCUT2D eigenvalue weighted by Crippen LogP contribution is 2.25. The molecule has 0 aliphatic heterocycles. The van der Waals surface area contributed by atoms with Gasteiger partial charge in [-0.1, -0.05) is 6.07 Å². The van der Waals surface area contributed by atoms with Crippen molar-refractivity contribution in [1.82, 2.24) is 25.2 Å². The van der Waals surface area contributed by atoms with Crippen molar-refractivity contribution in [2.45, 2.75) is 45.1 Å². The second-order valence-corrected chi connectivity index (χ2v) is 6.74. The minimum Gasteiger partial charge on any atom is -0.466 e. The van der Waals surface area contributed by atoms with E-state index in [0.29, 0.717) is 19.2 Å². The fraction of sp³-hybridized carbons (Fsp3) is 0.579. The molecule has 0 atom stereocenters. The molecule has 0 saturated heterocycles. The van der Waals surface area contributed by atoms with E-state index in [-0.39, 0.29) is 11.9 Å². The van der Waals surface area contributed by atoms with Crippen LogP contribution in [0.25, 0.3) is 5.65 Å². The maximum absolute atomic E-state index is 11.8. The standard InChI is InChI=1S/C19H28N6O2/c1-3-27-18(26)14-7-9-15(10-8-14)22-19(20-2)21-12-11-17-24-23-16-6-4-5-13-25(16)17/h4-6,13-15H,3,7-12H2,1-2H3,(H2,20,21,22). The number of nitrogens with one attached hydrogen (secondary N) is 2. The zero-order valence-electron chi connectivity index (χ0n) is 16.0. The van der Waals surface area contributed by atoms with Crippen LogP contribution in [-0.2, 0) is 16.0 Å². The number of pyridine rings is 1. The van der Waals surface area contributed by atoms with Crippen LogP contribution in [0.15, 0.2) is 29.4 Å². The molecule has 1 aliphatic carbocycles. The summed E-state index contributed by atoms with van der Waals surface area (Å²) < 4.78 is 7.12. The molecule has 8 nitrogen and oxygen atoms in total. The summed E-state index contributed by atoms with van der Waals surface area (Å²) in [5.41, 5.74) is 0.855. The van der Waals surface area contributed by atoms with Gasteiger partial charge < -0.3 is 15.4 Å². The van der Waals surface area contributed by atoms with Crippen molar-refractivity contribution in [3.63, 3.8) is 0 Å². The Balaban J connectivity index is 1.43. The van der Waals surface area contributed by atoms with E-state index in [1.165, 1.54) is 0 Å². The van der Waals surface area contributed by atoms with Crippen LogP contribution >= 0.6 is 0 Å². The summed E-state index contributed by atoms with van der Waals surface area (Å²) in [5.74, 6) is 1.69. The van der Waals surface area contributed by atoms with Crippen molar-refractivity contribution in [3.05, 3.63) is 30.2 Å². The lowest BCUT2D eigenvalue weighted by atomic mass is 9.86. The molecule has 1 saturated carbocycles. The Morgan fingerprint density at radius 1 is 1.30 bits per heavy atom. The Morgan fingerprint density at radius 2 is 2.11 bits per heavy atom. The summed E-state index contributed by atoms with van der Waals surface area (Å²) in [6.45, 7) is 3.02. The van der Waals surface area contributed by atoms with Crippen LogP contribution < -0.4 is 10.6 Å². The number of guanidine groups is 1. The molecular formula is C19H28N6O2. The van der Waals surface area contributed by atoms with E-state index < -0.39 is 0 Å². The summed E-state index contributed by atoms with van der Waals surface area (Å²) in [4.78, 5) is 16.1. The summed E-state index contributed by atoms with van der Waals surface area (Å²) in [6.07, 6.45) is 6.33. The van der Waals surface area contributed by atoms with Gasteiger partial charge in [-0.25, -0.2) is 0 Å². The van der Waals surface area contributed by atoms with Gasteiger partial charge in [-0.3, -0.25) is 14.2 Å². The van der Waals surface area contributed by atoms with Crippen molar-refractivity contribution in [2.24, 2.45) is 10.9 Å². The Bertz CT molecular complexity index is 779. The van der Waals surface area contributed by atoms with Crippen LogP contribution in [0.3, 0.4) is 0 Å². The smallest absolute Gasteiger partial charge is 0.308 e. The number of aliphatic imine (C=N–C) groups is 1. The molecule has 2 aromatic rings. The molecule has 146 valence electrons. The number of hydrogen-bond acceptors (Lipinski definition) is 5. The van der Waals surface area contributed by atoms with Gasteiger partial charge in [0.2, 0.25) is 0 Å². The Labute approximate surface area is 159 Å². The van der Waals surface area contributed by atoms with Crippen LogP contribution in [0, 0.1) is 5.92 Å². The average Bonchev–Trinajstić information content (AvgIpc) is 3.11. The molecule has 0 unspecified atom stereocenters. The molecule has 0 amide bonds. The van der Waals surface area contributed by atoms with E-state index >= 15 is 0 Å². The molecule has 0 aromatic carbocycles. The van der Waals surface area contributed by atoms with Crippen molar-refractivity contribution >= 4 is 17.6 Å². The number of carbonyl (C=O) groups excluding carboxylic acids is 1. The van der Waals surface area contributed by atoms with Gasteiger partial charge in [0.15, 0.2) is 11.6 Å². The molecule has 1 fully saturated rings. The number of hydrogen-bond donors (Lipinski definition) is 2. The lowest BCUT2D eigenvalue weighted by Crippen LogP contribution is -2.45. The van der Waals surface area contributed by atoms with Crippen LogP contribution in [0.1, 0.15) is 38.4 Å². The number of esters is 1. The molecule has 2 N–H and O–H groups in total. The highest BCUT2D eigenvalue weighted by molar-refractivity contribution is 5.80. The van der Waals surface area contributed by atoms with Gasteiger partial charge in [0.1, 0.15) is 5.82 Å². The Hall–Kier alpha value is -2.64. The SMILES string of the molecule is CCOC(=O)C1CCC(NC(=NC)NCCc2nnc3ccccn23)CC1. The van der Waals surface area contributed by atoms with Crippen molar-refractivity contribution < 1.29 is 9.53 Å². The quantitative estimate of drug-likeness (QED) is 0.454. The fourth-order valence-corrected chi connectivity index (χ4v) is 3.48. The molecule has 2 heterocycles. The summed E-state index contributed by atoms with van der Waals surface area (Å²) >= 11 is 0. The monoisotopic (exact) mass is 372 g/mol. The third-order valence-electron chi connectivity index (χ3n) is 4.94. The van der Waals surface area contributed by atoms with Crippen molar-refractivity contribution in [2.75, 3.05) is 20.2 Å². The number of carbonyl (C=O) groups is 1. The highest BCUT2D eigenvalue weighted by atomic mass is 16.5. The second kappa shape index (κ2) is 9.34. The number of fused-ring (bicyclic) bond motifs is 1. The van der Waals surface area contributed by atoms with Crippen molar-refractivity contribution in [3.8, 4) is 0 Å². The Kier molecular flexibility index (Phi) is 6.62. The number of ether oxygens (including phenoxy) is 1. The summed E-state index contributed by atoms with van der Waals surface area (Å²) in [6, 6.07) is 6.20. The van der Waals surface area contributed by atoms with E-state index in [1.54, 1.807) is 7.05 Å². The normalized spacial score (nSPS) is 20.4. The lowest BCUT2D eigenvalue weighted by molar-refractivity contribution is -0.149. The molecule has 0 spiro atoms. The minimum absolute atomic E-state index is 0.0409. The van der Waals surface area contributed by atoms with Crippen LogP contribution in [0.4, 0.5) is 0 Å². The molecule has 1 aliphatic rings. The largest absolute Gasteiger partial charge is 0.466 e. The second-order valence-electron chi connectivity index (χ2n) is 6.74. The Morgan fingerprint density at radius 3 is 2.85 bits per heavy atom. The average molecular weight is 372 g/mol. The first-order chi connectivity index (χ1) is 13.2. The van der Waals surface area contributed by atoms with E-state index in [2.05, 4.69) is 25.8 Å². The number of nitrogens with zero attached hydrogens (tertiary/aromatic N) is 4. The van der Waals surface area contributed by atoms with E-state index in [9.17, 15) is 4.79 Å². The van der Waals surface area contributed by atoms with E-state index in [1.807, 2.05) is 35.7 Å². The first-order valence-corrected chi connectivity index (χ1v) is 9.63. The third kappa shape index (κ3) is 4.96. The predicted molar refractivity (Wildman–Crippen MR) is 104 cm³/mol. The molecule has 2 aromatic heterocycles. The topological polar surface area (TPSA) is 92.9 Å². The molecule has 27 heavy (non-hydrogen) atoms. The lowest BCUT2D eigenvalue weighted by Gasteiger charge is -2.29. The van der Waals surface area contributed by atoms with Gasteiger partial charge >= 0.3 is 5.97 Å². The van der Waals surface area contributed by atoms with Gasteiger partial charge in [-0.05, 0) is 44.7 Å². The van der Waals surface area contributed by atoms with Crippen LogP contribution in [-0.4, -0.2) is 52.8 Å². The van der Waals surface area contributed by atoms with Crippen LogP contribution in [0.2, 0.25) is 0 Å². The molecular weight excluding hydrogens is 344 g/mol. The van der Waals surface area contributed by atoms with E-state index in [0.717, 1.165) is 49.5 Å². The zero-order chi connectivity index (χ0) is 19.1. The zero-order valence-corrected chi connectivity index (χ0v) is 16.0.